The summed E-state index contributed by atoms with van der Waals surface area (Å²) in [5.74, 6) is 0. The van der Waals surface area contributed by atoms with Crippen LogP contribution in [0.1, 0.15) is 58.4 Å². The third-order valence-electron chi connectivity index (χ3n) is 5.43. The normalized spacial score (nSPS) is 12.0. The number of aromatic nitrogens is 4. The Hall–Kier alpha value is -3.13. The van der Waals surface area contributed by atoms with Gasteiger partial charge in [-0.2, -0.15) is 15.5 Å². The van der Waals surface area contributed by atoms with Crippen LogP contribution >= 0.6 is 0 Å². The van der Waals surface area contributed by atoms with Gasteiger partial charge in [0.1, 0.15) is 6.07 Å². The molecule has 156 valence electrons. The van der Waals surface area contributed by atoms with Crippen molar-refractivity contribution in [3.63, 3.8) is 0 Å². The molecule has 0 amide bonds. The van der Waals surface area contributed by atoms with E-state index in [4.69, 9.17) is 5.26 Å². The van der Waals surface area contributed by atoms with Crippen molar-refractivity contribution in [2.24, 2.45) is 14.1 Å². The molecular formula is C25H31N5. The zero-order valence-electron chi connectivity index (χ0n) is 19.3. The summed E-state index contributed by atoms with van der Waals surface area (Å²) in [6, 6.07) is 14.9. The summed E-state index contributed by atoms with van der Waals surface area (Å²) in [6.45, 7) is 13.2. The number of nitriles is 1. The molecular weight excluding hydrogens is 370 g/mol. The van der Waals surface area contributed by atoms with Crippen molar-refractivity contribution in [1.29, 1.82) is 5.26 Å². The zero-order chi connectivity index (χ0) is 22.3. The van der Waals surface area contributed by atoms with E-state index in [1.165, 1.54) is 22.0 Å². The first-order valence-corrected chi connectivity index (χ1v) is 10.2. The molecule has 0 atom stereocenters. The molecule has 0 aliphatic rings. The van der Waals surface area contributed by atoms with Crippen LogP contribution in [0.15, 0.2) is 42.6 Å². The van der Waals surface area contributed by atoms with E-state index in [0.29, 0.717) is 5.69 Å². The molecule has 5 nitrogen and oxygen atoms in total. The minimum Gasteiger partial charge on any atom is -0.268 e. The lowest BCUT2D eigenvalue weighted by Gasteiger charge is -2.18. The Morgan fingerprint density at radius 3 is 1.93 bits per heavy atom. The molecule has 2 heterocycles. The minimum atomic E-state index is 0.0940. The fraction of sp³-hybridized carbons (Fsp3) is 0.400. The smallest absolute Gasteiger partial charge is 0.170 e. The molecule has 0 N–H and O–H groups in total. The van der Waals surface area contributed by atoms with Crippen LogP contribution < -0.4 is 0 Å². The van der Waals surface area contributed by atoms with E-state index in [2.05, 4.69) is 88.1 Å². The Bertz CT molecular complexity index is 1240. The molecule has 0 unspecified atom stereocenters. The number of rotatable bonds is 0. The molecule has 5 heteroatoms. The highest BCUT2D eigenvalue weighted by Crippen LogP contribution is 2.27. The van der Waals surface area contributed by atoms with Gasteiger partial charge in [0.2, 0.25) is 0 Å². The van der Waals surface area contributed by atoms with Gasteiger partial charge >= 0.3 is 0 Å². The van der Waals surface area contributed by atoms with Gasteiger partial charge in [0, 0.05) is 24.9 Å². The topological polar surface area (TPSA) is 59.4 Å². The summed E-state index contributed by atoms with van der Waals surface area (Å²) in [7, 11) is 3.83. The van der Waals surface area contributed by atoms with Gasteiger partial charge in [-0.1, -0.05) is 53.7 Å². The van der Waals surface area contributed by atoms with Gasteiger partial charge in [-0.3, -0.25) is 9.36 Å². The molecule has 0 aliphatic carbocycles. The standard InChI is InChI=1S/C13H15N3.C12H16N2/c1-13(2,3)9-5-6-12-10(7-9)11(8-14)15-16(12)4;1-12(2,3)10-5-6-11-9(7-10)8-13-14(11)4/h5-7H,1-4H3;5-8H,1-4H3. The third kappa shape index (κ3) is 4.23. The van der Waals surface area contributed by atoms with Crippen LogP contribution in [0.2, 0.25) is 0 Å². The Balaban J connectivity index is 0.000000172. The highest BCUT2D eigenvalue weighted by atomic mass is 15.3. The Labute approximate surface area is 178 Å². The van der Waals surface area contributed by atoms with E-state index in [1.54, 1.807) is 4.68 Å². The number of benzene rings is 2. The predicted octanol–water partition coefficient (Wildman–Crippen LogP) is 5.61. The summed E-state index contributed by atoms with van der Waals surface area (Å²) in [5, 5.41) is 19.6. The molecule has 2 aromatic carbocycles. The highest BCUT2D eigenvalue weighted by molar-refractivity contribution is 5.85. The number of nitrogens with zero attached hydrogens (tertiary/aromatic N) is 5. The largest absolute Gasteiger partial charge is 0.268 e. The lowest BCUT2D eigenvalue weighted by Crippen LogP contribution is -2.10. The Kier molecular flexibility index (Phi) is 5.47. The maximum absolute atomic E-state index is 9.02. The van der Waals surface area contributed by atoms with Crippen LogP contribution in [-0.2, 0) is 24.9 Å². The van der Waals surface area contributed by atoms with Crippen LogP contribution in [0.3, 0.4) is 0 Å². The van der Waals surface area contributed by atoms with Gasteiger partial charge < -0.3 is 0 Å². The molecule has 0 aliphatic heterocycles. The fourth-order valence-corrected chi connectivity index (χ4v) is 3.44. The second kappa shape index (κ2) is 7.60. The van der Waals surface area contributed by atoms with Crippen molar-refractivity contribution in [2.45, 2.75) is 52.4 Å². The second-order valence-electron chi connectivity index (χ2n) is 9.86. The predicted molar refractivity (Wildman–Crippen MR) is 124 cm³/mol. The average molecular weight is 402 g/mol. The van der Waals surface area contributed by atoms with Gasteiger partial charge in [-0.15, -0.1) is 0 Å². The SMILES string of the molecule is Cn1nc(C#N)c2cc(C(C)(C)C)ccc21.Cn1ncc2cc(C(C)(C)C)ccc21. The first-order valence-electron chi connectivity index (χ1n) is 10.2. The minimum absolute atomic E-state index is 0.0940. The van der Waals surface area contributed by atoms with E-state index in [1.807, 2.05) is 31.0 Å². The van der Waals surface area contributed by atoms with E-state index < -0.39 is 0 Å². The quantitative estimate of drug-likeness (QED) is 0.384. The van der Waals surface area contributed by atoms with E-state index in [9.17, 15) is 0 Å². The first-order chi connectivity index (χ1) is 13.9. The summed E-state index contributed by atoms with van der Waals surface area (Å²) < 4.78 is 3.65. The number of hydrogen-bond donors (Lipinski definition) is 0. The lowest BCUT2D eigenvalue weighted by molar-refractivity contribution is 0.591. The van der Waals surface area contributed by atoms with Crippen molar-refractivity contribution in [3.05, 3.63) is 59.4 Å². The zero-order valence-corrected chi connectivity index (χ0v) is 19.3. The Morgan fingerprint density at radius 2 is 1.37 bits per heavy atom. The van der Waals surface area contributed by atoms with Crippen molar-refractivity contribution < 1.29 is 0 Å². The van der Waals surface area contributed by atoms with Crippen molar-refractivity contribution >= 4 is 21.8 Å². The van der Waals surface area contributed by atoms with Crippen molar-refractivity contribution in [2.75, 3.05) is 0 Å². The molecule has 4 rings (SSSR count). The molecule has 30 heavy (non-hydrogen) atoms. The molecule has 0 spiro atoms. The number of aryl methyl sites for hydroxylation is 2. The van der Waals surface area contributed by atoms with E-state index in [0.717, 1.165) is 10.9 Å². The summed E-state index contributed by atoms with van der Waals surface area (Å²) in [4.78, 5) is 0. The molecule has 0 saturated carbocycles. The van der Waals surface area contributed by atoms with Gasteiger partial charge in [0.15, 0.2) is 5.69 Å². The number of fused-ring (bicyclic) bond motifs is 2. The molecule has 2 aromatic heterocycles. The molecule has 0 saturated heterocycles. The van der Waals surface area contributed by atoms with E-state index in [-0.39, 0.29) is 10.8 Å². The third-order valence-corrected chi connectivity index (χ3v) is 5.43. The summed E-state index contributed by atoms with van der Waals surface area (Å²) in [6.07, 6.45) is 1.92. The van der Waals surface area contributed by atoms with Crippen LogP contribution in [0, 0.1) is 11.3 Å². The van der Waals surface area contributed by atoms with Gasteiger partial charge in [-0.25, -0.2) is 0 Å². The average Bonchev–Trinajstić information content (AvgIpc) is 3.20. The fourth-order valence-electron chi connectivity index (χ4n) is 3.44. The van der Waals surface area contributed by atoms with Gasteiger partial charge in [-0.05, 0) is 46.2 Å². The van der Waals surface area contributed by atoms with Crippen molar-refractivity contribution in [1.82, 2.24) is 19.6 Å². The number of hydrogen-bond acceptors (Lipinski definition) is 3. The van der Waals surface area contributed by atoms with Crippen molar-refractivity contribution in [3.8, 4) is 6.07 Å². The Morgan fingerprint density at radius 1 is 0.800 bits per heavy atom. The first kappa shape index (κ1) is 21.6. The maximum Gasteiger partial charge on any atom is 0.170 e. The van der Waals surface area contributed by atoms with Gasteiger partial charge in [0.05, 0.1) is 17.2 Å². The monoisotopic (exact) mass is 401 g/mol. The molecule has 0 bridgehead atoms. The molecule has 0 radical (unpaired) electrons. The van der Waals surface area contributed by atoms with Crippen LogP contribution in [0.25, 0.3) is 21.8 Å². The lowest BCUT2D eigenvalue weighted by atomic mass is 9.86. The van der Waals surface area contributed by atoms with Crippen LogP contribution in [-0.4, -0.2) is 19.6 Å². The highest BCUT2D eigenvalue weighted by Gasteiger charge is 2.16. The van der Waals surface area contributed by atoms with Crippen LogP contribution in [0.4, 0.5) is 0 Å². The van der Waals surface area contributed by atoms with Gasteiger partial charge in [0.25, 0.3) is 0 Å². The maximum atomic E-state index is 9.02. The summed E-state index contributed by atoms with van der Waals surface area (Å²) >= 11 is 0. The van der Waals surface area contributed by atoms with Crippen LogP contribution in [0.5, 0.6) is 0 Å². The second-order valence-corrected chi connectivity index (χ2v) is 9.86. The van der Waals surface area contributed by atoms with E-state index >= 15 is 0 Å². The summed E-state index contributed by atoms with van der Waals surface area (Å²) in [5.41, 5.74) is 5.59. The molecule has 0 fully saturated rings. The molecule has 4 aromatic rings.